The van der Waals surface area contributed by atoms with Crippen molar-refractivity contribution in [2.45, 2.75) is 36.8 Å². The first-order valence-corrected chi connectivity index (χ1v) is 5.69. The molecule has 0 aromatic carbocycles. The molecule has 2 heterocycles. The Labute approximate surface area is 114 Å². The lowest BCUT2D eigenvalue weighted by atomic mass is 9.77. The van der Waals surface area contributed by atoms with Crippen LogP contribution in [0.1, 0.15) is 6.92 Å². The zero-order valence-corrected chi connectivity index (χ0v) is 10.6. The topological polar surface area (TPSA) is 44.8 Å². The highest BCUT2D eigenvalue weighted by Gasteiger charge is 2.90. The number of ketones is 1. The van der Waals surface area contributed by atoms with Crippen LogP contribution in [0.3, 0.4) is 0 Å². The summed E-state index contributed by atoms with van der Waals surface area (Å²) >= 11 is 0. The summed E-state index contributed by atoms with van der Waals surface area (Å²) < 4.78 is 91.1. The number of alkyl halides is 6. The van der Waals surface area contributed by atoms with Crippen LogP contribution in [0.25, 0.3) is 0 Å². The Morgan fingerprint density at radius 3 is 2.10 bits per heavy atom. The third kappa shape index (κ3) is 1.92. The minimum absolute atomic E-state index is 0.302. The number of fused-ring (bicyclic) bond motifs is 1. The van der Waals surface area contributed by atoms with E-state index >= 15 is 0 Å². The van der Waals surface area contributed by atoms with Gasteiger partial charge in [0.2, 0.25) is 5.78 Å². The zero-order chi connectivity index (χ0) is 16.3. The van der Waals surface area contributed by atoms with Crippen LogP contribution in [0.2, 0.25) is 0 Å². The third-order valence-corrected chi connectivity index (χ3v) is 3.26. The summed E-state index contributed by atoms with van der Waals surface area (Å²) in [5.74, 6) is -3.97. The number of rotatable bonds is 2. The van der Waals surface area contributed by atoms with Crippen LogP contribution in [0.5, 0.6) is 0 Å². The van der Waals surface area contributed by atoms with Gasteiger partial charge in [0, 0.05) is 0 Å². The minimum Gasteiger partial charge on any atom is -0.366 e. The fraction of sp³-hybridized carbons (Fsp3) is 0.727. The molecule has 2 fully saturated rings. The molecule has 0 aromatic rings. The molecule has 2 aliphatic rings. The summed E-state index contributed by atoms with van der Waals surface area (Å²) in [4.78, 5) is 11.9. The lowest BCUT2D eigenvalue weighted by Gasteiger charge is -2.60. The second-order valence-electron chi connectivity index (χ2n) is 4.71. The zero-order valence-electron chi connectivity index (χ0n) is 10.6. The van der Waals surface area contributed by atoms with Gasteiger partial charge < -0.3 is 14.2 Å². The van der Waals surface area contributed by atoms with Gasteiger partial charge in [0.25, 0.3) is 11.4 Å². The van der Waals surface area contributed by atoms with Crippen molar-refractivity contribution in [1.29, 1.82) is 0 Å². The van der Waals surface area contributed by atoms with Gasteiger partial charge in [-0.3, -0.25) is 4.79 Å². The lowest BCUT2D eigenvalue weighted by Crippen LogP contribution is -2.87. The molecule has 2 rings (SSSR count). The first-order valence-electron chi connectivity index (χ1n) is 5.69. The Morgan fingerprint density at radius 1 is 1.14 bits per heavy atom. The van der Waals surface area contributed by atoms with Crippen molar-refractivity contribution >= 4 is 5.78 Å². The molecule has 0 amide bonds. The maximum atomic E-state index is 12.9. The van der Waals surface area contributed by atoms with Crippen LogP contribution >= 0.6 is 0 Å². The fourth-order valence-electron chi connectivity index (χ4n) is 2.35. The number of hydrogen-bond donors (Lipinski definition) is 0. The molecule has 0 radical (unpaired) electrons. The summed E-state index contributed by atoms with van der Waals surface area (Å²) in [6, 6.07) is 0. The van der Waals surface area contributed by atoms with E-state index in [1.807, 2.05) is 0 Å². The van der Waals surface area contributed by atoms with E-state index in [9.17, 15) is 31.1 Å². The van der Waals surface area contributed by atoms with Crippen molar-refractivity contribution in [2.24, 2.45) is 0 Å². The SMILES string of the molecule is C=C(C)C(=O)C12OCCOC1C(C(F)(F)F)(C(F)(F)F)O2. The van der Waals surface area contributed by atoms with Gasteiger partial charge >= 0.3 is 12.4 Å². The van der Waals surface area contributed by atoms with Crippen molar-refractivity contribution in [2.75, 3.05) is 13.2 Å². The maximum Gasteiger partial charge on any atom is 0.429 e. The Bertz CT molecular complexity index is 468. The maximum absolute atomic E-state index is 12.9. The van der Waals surface area contributed by atoms with Crippen LogP contribution in [0, 0.1) is 0 Å². The van der Waals surface area contributed by atoms with Crippen molar-refractivity contribution in [3.63, 3.8) is 0 Å². The second-order valence-corrected chi connectivity index (χ2v) is 4.71. The molecule has 0 N–H and O–H groups in total. The number of halogens is 6. The van der Waals surface area contributed by atoms with E-state index in [-0.39, 0.29) is 12.2 Å². The quantitative estimate of drug-likeness (QED) is 0.578. The predicted octanol–water partition coefficient (Wildman–Crippen LogP) is 2.14. The molecule has 21 heavy (non-hydrogen) atoms. The third-order valence-electron chi connectivity index (χ3n) is 3.26. The molecule has 10 heteroatoms. The summed E-state index contributed by atoms with van der Waals surface area (Å²) in [5, 5.41) is 0. The Balaban J connectivity index is 2.51. The molecule has 2 unspecified atom stereocenters. The Kier molecular flexibility index (Phi) is 3.43. The van der Waals surface area contributed by atoms with Crippen molar-refractivity contribution in [3.05, 3.63) is 12.2 Å². The summed E-state index contributed by atoms with van der Waals surface area (Å²) in [5.41, 5.74) is -4.89. The predicted molar refractivity (Wildman–Crippen MR) is 54.2 cm³/mol. The number of carbonyl (C=O) groups excluding carboxylic acids is 1. The van der Waals surface area contributed by atoms with Gasteiger partial charge in [-0.25, -0.2) is 0 Å². The highest BCUT2D eigenvalue weighted by Crippen LogP contribution is 2.61. The molecule has 0 bridgehead atoms. The van der Waals surface area contributed by atoms with Crippen molar-refractivity contribution < 1.29 is 45.3 Å². The summed E-state index contributed by atoms with van der Waals surface area (Å²) in [6.45, 7) is 3.42. The van der Waals surface area contributed by atoms with Gasteiger partial charge in [0.05, 0.1) is 13.2 Å². The monoisotopic (exact) mass is 320 g/mol. The van der Waals surface area contributed by atoms with Crippen LogP contribution < -0.4 is 0 Å². The highest BCUT2D eigenvalue weighted by molar-refractivity contribution is 6.01. The molecule has 4 nitrogen and oxygen atoms in total. The molecule has 0 saturated carbocycles. The van der Waals surface area contributed by atoms with Gasteiger partial charge in [0.1, 0.15) is 0 Å². The second kappa shape index (κ2) is 4.43. The van der Waals surface area contributed by atoms with Crippen LogP contribution in [-0.2, 0) is 19.0 Å². The molecular formula is C11H10F6O4. The van der Waals surface area contributed by atoms with Crippen LogP contribution in [0.15, 0.2) is 12.2 Å². The van der Waals surface area contributed by atoms with E-state index in [4.69, 9.17) is 4.74 Å². The normalized spacial score (nSPS) is 32.0. The molecule has 2 aliphatic heterocycles. The summed E-state index contributed by atoms with van der Waals surface area (Å²) in [7, 11) is 0. The van der Waals surface area contributed by atoms with Crippen LogP contribution in [0.4, 0.5) is 26.3 Å². The molecule has 2 saturated heterocycles. The Morgan fingerprint density at radius 2 is 1.67 bits per heavy atom. The van der Waals surface area contributed by atoms with E-state index in [1.54, 1.807) is 0 Å². The van der Waals surface area contributed by atoms with E-state index < -0.39 is 42.2 Å². The molecule has 0 spiro atoms. The van der Waals surface area contributed by atoms with Gasteiger partial charge in [-0.05, 0) is 12.5 Å². The number of hydrogen-bond acceptors (Lipinski definition) is 4. The number of ether oxygens (including phenoxy) is 3. The van der Waals surface area contributed by atoms with E-state index in [0.29, 0.717) is 0 Å². The Hall–Kier alpha value is -1.13. The fourth-order valence-corrected chi connectivity index (χ4v) is 2.35. The van der Waals surface area contributed by atoms with Gasteiger partial charge in [-0.15, -0.1) is 0 Å². The molecule has 2 atom stereocenters. The van der Waals surface area contributed by atoms with Gasteiger partial charge in [-0.2, -0.15) is 26.3 Å². The van der Waals surface area contributed by atoms with Crippen LogP contribution in [-0.4, -0.2) is 48.8 Å². The minimum atomic E-state index is -5.82. The number of carbonyl (C=O) groups is 1. The van der Waals surface area contributed by atoms with Gasteiger partial charge in [0.15, 0.2) is 6.10 Å². The first-order chi connectivity index (χ1) is 9.40. The molecule has 120 valence electrons. The van der Waals surface area contributed by atoms with Gasteiger partial charge in [-0.1, -0.05) is 6.58 Å². The summed E-state index contributed by atoms with van der Waals surface area (Å²) in [6.07, 6.45) is -14.3. The average molecular weight is 320 g/mol. The lowest BCUT2D eigenvalue weighted by molar-refractivity contribution is -0.543. The molecule has 0 aliphatic carbocycles. The van der Waals surface area contributed by atoms with E-state index in [1.165, 1.54) is 0 Å². The van der Waals surface area contributed by atoms with E-state index in [0.717, 1.165) is 6.92 Å². The molecular weight excluding hydrogens is 310 g/mol. The smallest absolute Gasteiger partial charge is 0.366 e. The van der Waals surface area contributed by atoms with Crippen molar-refractivity contribution in [3.8, 4) is 0 Å². The standard InChI is InChI=1S/C11H10F6O4/c1-5(2)6(18)8-7(19-3-4-20-8)9(21-8,10(12,13)14)11(15,16)17/h7H,1,3-4H2,2H3. The van der Waals surface area contributed by atoms with E-state index in [2.05, 4.69) is 16.1 Å². The first kappa shape index (κ1) is 16.2. The average Bonchev–Trinajstić information content (AvgIpc) is 2.26. The number of Topliss-reactive ketones (excluding diaryl/α,β-unsaturated/α-hetero) is 1. The largest absolute Gasteiger partial charge is 0.429 e. The van der Waals surface area contributed by atoms with Crippen molar-refractivity contribution in [1.82, 2.24) is 0 Å². The molecule has 0 aromatic heterocycles. The highest BCUT2D eigenvalue weighted by atomic mass is 19.4.